The molecular formula is C17H31IN6O2. The maximum Gasteiger partial charge on any atom is 0.242 e. The first-order valence-electron chi connectivity index (χ1n) is 8.73. The zero-order valence-corrected chi connectivity index (χ0v) is 18.6. The summed E-state index contributed by atoms with van der Waals surface area (Å²) in [5.74, 6) is 0.656. The first-order chi connectivity index (χ1) is 11.8. The van der Waals surface area contributed by atoms with Crippen molar-refractivity contribution in [3.63, 3.8) is 0 Å². The Morgan fingerprint density at radius 2 is 2.19 bits per heavy atom. The summed E-state index contributed by atoms with van der Waals surface area (Å²) in [6.07, 6.45) is 3.75. The summed E-state index contributed by atoms with van der Waals surface area (Å²) >= 11 is 0. The summed E-state index contributed by atoms with van der Waals surface area (Å²) in [6.45, 7) is 10.8. The van der Waals surface area contributed by atoms with E-state index in [1.54, 1.807) is 4.68 Å². The number of rotatable bonds is 4. The van der Waals surface area contributed by atoms with Gasteiger partial charge in [-0.3, -0.25) is 9.48 Å². The molecule has 2 N–H and O–H groups in total. The number of hydrogen-bond acceptors (Lipinski definition) is 4. The number of amides is 1. The highest BCUT2D eigenvalue weighted by molar-refractivity contribution is 14.0. The fourth-order valence-electron chi connectivity index (χ4n) is 2.68. The number of hydrogen-bond donors (Lipinski definition) is 2. The molecule has 0 saturated carbocycles. The van der Waals surface area contributed by atoms with Gasteiger partial charge in [-0.2, -0.15) is 5.10 Å². The summed E-state index contributed by atoms with van der Waals surface area (Å²) in [5.41, 5.74) is 0.795. The Balaban J connectivity index is 0.00000338. The van der Waals surface area contributed by atoms with Gasteiger partial charge >= 0.3 is 0 Å². The minimum absolute atomic E-state index is 0. The van der Waals surface area contributed by atoms with E-state index in [4.69, 9.17) is 4.74 Å². The average Bonchev–Trinajstić information content (AvgIpc) is 2.96. The number of carbonyl (C=O) groups is 1. The van der Waals surface area contributed by atoms with Crippen molar-refractivity contribution < 1.29 is 9.53 Å². The third kappa shape index (κ3) is 7.10. The lowest BCUT2D eigenvalue weighted by Gasteiger charge is -2.34. The lowest BCUT2D eigenvalue weighted by molar-refractivity contribution is -0.121. The third-order valence-corrected chi connectivity index (χ3v) is 3.68. The maximum absolute atomic E-state index is 12.0. The zero-order chi connectivity index (χ0) is 18.4. The number of carbonyl (C=O) groups excluding carboxylic acids is 1. The number of ether oxygens (including phenoxy) is 1. The highest BCUT2D eigenvalue weighted by Crippen LogP contribution is 2.21. The Morgan fingerprint density at radius 1 is 1.46 bits per heavy atom. The lowest BCUT2D eigenvalue weighted by atomic mass is 10.1. The van der Waals surface area contributed by atoms with Crippen LogP contribution in [0.25, 0.3) is 0 Å². The van der Waals surface area contributed by atoms with E-state index in [1.807, 2.05) is 47.1 Å². The van der Waals surface area contributed by atoms with Crippen molar-refractivity contribution in [3.05, 3.63) is 18.0 Å². The van der Waals surface area contributed by atoms with Gasteiger partial charge in [0.1, 0.15) is 12.6 Å². The summed E-state index contributed by atoms with van der Waals surface area (Å²) < 4.78 is 7.64. The van der Waals surface area contributed by atoms with Crippen LogP contribution in [0.3, 0.4) is 0 Å². The number of nitrogens with one attached hydrogen (secondary N) is 2. The Kier molecular flexibility index (Phi) is 8.81. The highest BCUT2D eigenvalue weighted by atomic mass is 127. The molecule has 26 heavy (non-hydrogen) atoms. The summed E-state index contributed by atoms with van der Waals surface area (Å²) in [7, 11) is 1.89. The molecule has 0 spiro atoms. The molecule has 1 fully saturated rings. The molecule has 2 rings (SSSR count). The monoisotopic (exact) mass is 478 g/mol. The van der Waals surface area contributed by atoms with Crippen molar-refractivity contribution in [3.8, 4) is 0 Å². The van der Waals surface area contributed by atoms with Crippen molar-refractivity contribution >= 4 is 35.8 Å². The van der Waals surface area contributed by atoms with Crippen LogP contribution in [0.4, 0.5) is 0 Å². The molecule has 1 saturated heterocycles. The van der Waals surface area contributed by atoms with E-state index in [1.165, 1.54) is 0 Å². The molecule has 0 aromatic carbocycles. The minimum atomic E-state index is -0.255. The molecule has 1 atom stereocenters. The van der Waals surface area contributed by atoms with Crippen LogP contribution in [0.15, 0.2) is 17.4 Å². The highest BCUT2D eigenvalue weighted by Gasteiger charge is 2.25. The van der Waals surface area contributed by atoms with E-state index in [0.29, 0.717) is 13.2 Å². The first kappa shape index (κ1) is 22.7. The second-order valence-corrected chi connectivity index (χ2v) is 7.22. The zero-order valence-electron chi connectivity index (χ0n) is 16.3. The first-order valence-corrected chi connectivity index (χ1v) is 8.73. The maximum atomic E-state index is 12.0. The van der Waals surface area contributed by atoms with Crippen LogP contribution in [0.5, 0.6) is 0 Å². The second kappa shape index (κ2) is 10.1. The molecular weight excluding hydrogens is 447 g/mol. The lowest BCUT2D eigenvalue weighted by Crippen LogP contribution is -2.49. The fourth-order valence-corrected chi connectivity index (χ4v) is 2.68. The Bertz CT molecular complexity index is 611. The summed E-state index contributed by atoms with van der Waals surface area (Å²) in [4.78, 5) is 18.7. The predicted octanol–water partition coefficient (Wildman–Crippen LogP) is 1.29. The quantitative estimate of drug-likeness (QED) is 0.387. The Labute approximate surface area is 172 Å². The SMILES string of the molecule is CCNC(=NCC(=O)NC(C)(C)C)N1CCOC(c2cnn(C)c2)C1.I. The molecule has 0 aliphatic carbocycles. The largest absolute Gasteiger partial charge is 0.370 e. The Hall–Kier alpha value is -1.36. The molecule has 0 bridgehead atoms. The average molecular weight is 478 g/mol. The molecule has 1 aliphatic rings. The van der Waals surface area contributed by atoms with Gasteiger partial charge < -0.3 is 20.3 Å². The molecule has 2 heterocycles. The van der Waals surface area contributed by atoms with Crippen LogP contribution in [0.1, 0.15) is 39.4 Å². The smallest absolute Gasteiger partial charge is 0.242 e. The molecule has 0 radical (unpaired) electrons. The molecule has 1 aromatic heterocycles. The van der Waals surface area contributed by atoms with Crippen molar-refractivity contribution in [2.45, 2.75) is 39.3 Å². The van der Waals surface area contributed by atoms with E-state index in [9.17, 15) is 4.79 Å². The van der Waals surface area contributed by atoms with E-state index in [2.05, 4.69) is 25.6 Å². The van der Waals surface area contributed by atoms with Crippen LogP contribution in [0.2, 0.25) is 0 Å². The van der Waals surface area contributed by atoms with Gasteiger partial charge in [0.05, 0.1) is 19.3 Å². The number of morpholine rings is 1. The molecule has 9 heteroatoms. The van der Waals surface area contributed by atoms with Gasteiger partial charge in [-0.05, 0) is 27.7 Å². The fraction of sp³-hybridized carbons (Fsp3) is 0.706. The molecule has 8 nitrogen and oxygen atoms in total. The topological polar surface area (TPSA) is 83.8 Å². The molecule has 148 valence electrons. The summed E-state index contributed by atoms with van der Waals surface area (Å²) in [6, 6.07) is 0. The number of aromatic nitrogens is 2. The van der Waals surface area contributed by atoms with Gasteiger partial charge in [0, 0.05) is 37.4 Å². The van der Waals surface area contributed by atoms with Gasteiger partial charge in [0.2, 0.25) is 5.91 Å². The number of aryl methyl sites for hydroxylation is 1. The van der Waals surface area contributed by atoms with Crippen LogP contribution in [-0.4, -0.2) is 64.9 Å². The minimum Gasteiger partial charge on any atom is -0.370 e. The van der Waals surface area contributed by atoms with Crippen LogP contribution in [0, 0.1) is 0 Å². The van der Waals surface area contributed by atoms with Gasteiger partial charge in [-0.25, -0.2) is 4.99 Å². The Morgan fingerprint density at radius 3 is 2.77 bits per heavy atom. The van der Waals surface area contributed by atoms with Crippen molar-refractivity contribution in [1.82, 2.24) is 25.3 Å². The number of guanidine groups is 1. The normalized spacial score (nSPS) is 18.3. The van der Waals surface area contributed by atoms with Gasteiger partial charge in [0.25, 0.3) is 0 Å². The van der Waals surface area contributed by atoms with Gasteiger partial charge in [0.15, 0.2) is 5.96 Å². The molecule has 1 aliphatic heterocycles. The van der Waals surface area contributed by atoms with Crippen molar-refractivity contribution in [2.75, 3.05) is 32.8 Å². The van der Waals surface area contributed by atoms with E-state index in [-0.39, 0.29) is 48.1 Å². The second-order valence-electron chi connectivity index (χ2n) is 7.22. The van der Waals surface area contributed by atoms with Crippen molar-refractivity contribution in [2.24, 2.45) is 12.0 Å². The van der Waals surface area contributed by atoms with Crippen LogP contribution in [-0.2, 0) is 16.6 Å². The third-order valence-electron chi connectivity index (χ3n) is 3.68. The number of nitrogens with zero attached hydrogens (tertiary/aromatic N) is 4. The number of halogens is 1. The standard InChI is InChI=1S/C17H30N6O2.HI/c1-6-18-16(19-10-15(24)21-17(2,3)4)23-7-8-25-14(12-23)13-9-20-22(5)11-13;/h9,11,14H,6-8,10,12H2,1-5H3,(H,18,19)(H,21,24);1H. The van der Waals surface area contributed by atoms with E-state index < -0.39 is 0 Å². The van der Waals surface area contributed by atoms with Gasteiger partial charge in [-0.1, -0.05) is 0 Å². The van der Waals surface area contributed by atoms with E-state index in [0.717, 1.165) is 24.6 Å². The molecule has 1 aromatic rings. The summed E-state index contributed by atoms with van der Waals surface area (Å²) in [5, 5.41) is 10.4. The number of aliphatic imine (C=N–C) groups is 1. The van der Waals surface area contributed by atoms with Crippen LogP contribution >= 0.6 is 24.0 Å². The molecule has 1 amide bonds. The van der Waals surface area contributed by atoms with Crippen molar-refractivity contribution in [1.29, 1.82) is 0 Å². The van der Waals surface area contributed by atoms with Crippen LogP contribution < -0.4 is 10.6 Å². The molecule has 1 unspecified atom stereocenters. The predicted molar refractivity (Wildman–Crippen MR) is 113 cm³/mol. The van der Waals surface area contributed by atoms with Gasteiger partial charge in [-0.15, -0.1) is 24.0 Å². The van der Waals surface area contributed by atoms with E-state index >= 15 is 0 Å².